The van der Waals surface area contributed by atoms with Crippen LogP contribution in [0.15, 0.2) is 109 Å². The van der Waals surface area contributed by atoms with Gasteiger partial charge in [-0.1, -0.05) is 48.5 Å². The molecule has 0 unspecified atom stereocenters. The first-order valence-corrected chi connectivity index (χ1v) is 10.6. The second-order valence-corrected chi connectivity index (χ2v) is 7.69. The predicted molar refractivity (Wildman–Crippen MR) is 128 cm³/mol. The minimum absolute atomic E-state index is 0.0413. The largest absolute Gasteiger partial charge is 0.436 e. The van der Waals surface area contributed by atoms with Crippen molar-refractivity contribution in [2.75, 3.05) is 0 Å². The molecule has 0 saturated carbocycles. The molecule has 0 N–H and O–H groups in total. The van der Waals surface area contributed by atoms with Crippen LogP contribution < -0.4 is 4.74 Å². The van der Waals surface area contributed by atoms with Gasteiger partial charge in [0.05, 0.1) is 11.0 Å². The highest BCUT2D eigenvalue weighted by Gasteiger charge is 2.14. The fraction of sp³-hybridized carbons (Fsp3) is 0. The molecule has 0 saturated heterocycles. The summed E-state index contributed by atoms with van der Waals surface area (Å²) in [7, 11) is 0. The maximum Gasteiger partial charge on any atom is 0.255 e. The molecule has 3 aromatic heterocycles. The quantitative estimate of drug-likeness (QED) is 0.297. The average Bonchev–Trinajstić information content (AvgIpc) is 3.20. The van der Waals surface area contributed by atoms with Crippen molar-refractivity contribution < 1.29 is 9.13 Å². The molecule has 0 amide bonds. The van der Waals surface area contributed by atoms with Crippen LogP contribution in [-0.4, -0.2) is 14.5 Å². The highest BCUT2D eigenvalue weighted by atomic mass is 19.1. The van der Waals surface area contributed by atoms with Gasteiger partial charge >= 0.3 is 0 Å². The number of hydrogen-bond donors (Lipinski definition) is 0. The molecule has 0 fully saturated rings. The molecule has 6 aromatic rings. The van der Waals surface area contributed by atoms with Crippen LogP contribution in [0.2, 0.25) is 0 Å². The lowest BCUT2D eigenvalue weighted by Gasteiger charge is -2.09. The lowest BCUT2D eigenvalue weighted by atomic mass is 10.0. The first-order chi connectivity index (χ1) is 16.3. The summed E-state index contributed by atoms with van der Waals surface area (Å²) in [5.74, 6) is 0.851. The van der Waals surface area contributed by atoms with Crippen LogP contribution in [0.1, 0.15) is 0 Å². The highest BCUT2D eigenvalue weighted by molar-refractivity contribution is 6.10. The molecule has 3 heterocycles. The number of halogens is 1. The molecule has 0 radical (unpaired) electrons. The maximum atomic E-state index is 14.0. The van der Waals surface area contributed by atoms with E-state index in [0.717, 1.165) is 33.4 Å². The minimum atomic E-state index is -0.496. The van der Waals surface area contributed by atoms with Gasteiger partial charge in [-0.15, -0.1) is 0 Å². The molecule has 0 bridgehead atoms. The Bertz CT molecular complexity index is 1610. The van der Waals surface area contributed by atoms with Crippen LogP contribution in [0.4, 0.5) is 4.39 Å². The summed E-state index contributed by atoms with van der Waals surface area (Å²) in [6, 6.07) is 31.1. The van der Waals surface area contributed by atoms with Crippen molar-refractivity contribution in [3.8, 4) is 28.6 Å². The third-order valence-corrected chi connectivity index (χ3v) is 5.66. The van der Waals surface area contributed by atoms with E-state index in [4.69, 9.17) is 4.74 Å². The highest BCUT2D eigenvalue weighted by Crippen LogP contribution is 2.35. The maximum absolute atomic E-state index is 14.0. The summed E-state index contributed by atoms with van der Waals surface area (Å²) >= 11 is 0. The van der Waals surface area contributed by atoms with Crippen LogP contribution >= 0.6 is 0 Å². The molecule has 0 aliphatic heterocycles. The van der Waals surface area contributed by atoms with Gasteiger partial charge in [-0.3, -0.25) is 4.57 Å². The number of hydrogen-bond acceptors (Lipinski definition) is 3. The van der Waals surface area contributed by atoms with Gasteiger partial charge in [0.1, 0.15) is 11.6 Å². The molecule has 3 aromatic carbocycles. The van der Waals surface area contributed by atoms with Crippen LogP contribution in [0.25, 0.3) is 38.8 Å². The monoisotopic (exact) mass is 431 g/mol. The normalized spacial score (nSPS) is 11.2. The van der Waals surface area contributed by atoms with E-state index in [9.17, 15) is 4.39 Å². The summed E-state index contributed by atoms with van der Waals surface area (Å²) < 4.78 is 21.9. The van der Waals surface area contributed by atoms with E-state index >= 15 is 0 Å². The van der Waals surface area contributed by atoms with E-state index in [0.29, 0.717) is 5.75 Å². The zero-order valence-electron chi connectivity index (χ0n) is 17.5. The number of aromatic nitrogens is 3. The summed E-state index contributed by atoms with van der Waals surface area (Å²) in [5.41, 5.74) is 4.15. The van der Waals surface area contributed by atoms with Crippen molar-refractivity contribution in [3.63, 3.8) is 0 Å². The van der Waals surface area contributed by atoms with Gasteiger partial charge in [0, 0.05) is 23.2 Å². The molecule has 0 atom stereocenters. The Morgan fingerprint density at radius 3 is 2.33 bits per heavy atom. The van der Waals surface area contributed by atoms with Gasteiger partial charge in [-0.25, -0.2) is 14.4 Å². The molecule has 0 aliphatic rings. The second-order valence-electron chi connectivity index (χ2n) is 7.69. The van der Waals surface area contributed by atoms with E-state index in [-0.39, 0.29) is 5.88 Å². The van der Waals surface area contributed by atoms with Crippen LogP contribution in [0, 0.1) is 5.82 Å². The summed E-state index contributed by atoms with van der Waals surface area (Å²) in [6.45, 7) is 0. The van der Waals surface area contributed by atoms with Gasteiger partial charge in [0.2, 0.25) is 0 Å². The Morgan fingerprint density at radius 1 is 0.636 bits per heavy atom. The molecular formula is C28H18FN3O. The third kappa shape index (κ3) is 3.40. The Labute approximate surface area is 189 Å². The van der Waals surface area contributed by atoms with Crippen molar-refractivity contribution in [1.82, 2.24) is 14.5 Å². The van der Waals surface area contributed by atoms with Gasteiger partial charge < -0.3 is 4.74 Å². The Morgan fingerprint density at radius 2 is 1.45 bits per heavy atom. The van der Waals surface area contributed by atoms with Crippen molar-refractivity contribution in [2.24, 2.45) is 0 Å². The summed E-state index contributed by atoms with van der Waals surface area (Å²) in [5, 5.41) is 2.33. The van der Waals surface area contributed by atoms with Gasteiger partial charge in [0.25, 0.3) is 5.88 Å². The fourth-order valence-corrected chi connectivity index (χ4v) is 4.18. The second kappa shape index (κ2) is 7.88. The molecule has 5 heteroatoms. The number of ether oxygens (including phenoxy) is 1. The lowest BCUT2D eigenvalue weighted by molar-refractivity contribution is 0.423. The van der Waals surface area contributed by atoms with Crippen molar-refractivity contribution in [1.29, 1.82) is 0 Å². The van der Waals surface area contributed by atoms with E-state index in [1.807, 2.05) is 42.5 Å². The van der Waals surface area contributed by atoms with Crippen molar-refractivity contribution >= 4 is 21.8 Å². The summed E-state index contributed by atoms with van der Waals surface area (Å²) in [4.78, 5) is 8.57. The van der Waals surface area contributed by atoms with Crippen LogP contribution in [0.5, 0.6) is 11.6 Å². The number of para-hydroxylation sites is 1. The minimum Gasteiger partial charge on any atom is -0.436 e. The van der Waals surface area contributed by atoms with E-state index < -0.39 is 5.82 Å². The molecule has 0 spiro atoms. The van der Waals surface area contributed by atoms with Crippen LogP contribution in [-0.2, 0) is 0 Å². The zero-order chi connectivity index (χ0) is 22.2. The van der Waals surface area contributed by atoms with E-state index in [2.05, 4.69) is 50.9 Å². The van der Waals surface area contributed by atoms with Crippen molar-refractivity contribution in [3.05, 3.63) is 115 Å². The molecule has 158 valence electrons. The lowest BCUT2D eigenvalue weighted by Crippen LogP contribution is -1.96. The Hall–Kier alpha value is -4.51. The first-order valence-electron chi connectivity index (χ1n) is 10.6. The molecular weight excluding hydrogens is 413 g/mol. The number of nitrogens with zero attached hydrogens (tertiary/aromatic N) is 3. The van der Waals surface area contributed by atoms with Gasteiger partial charge in [-0.05, 0) is 59.7 Å². The van der Waals surface area contributed by atoms with E-state index in [1.165, 1.54) is 23.7 Å². The Balaban J connectivity index is 1.49. The zero-order valence-corrected chi connectivity index (χ0v) is 17.5. The van der Waals surface area contributed by atoms with Crippen LogP contribution in [0.3, 0.4) is 0 Å². The standard InChI is InChI=1S/C28H18FN3O/c29-24-10-6-16-31-28(24)33-21-8-5-7-19(17-21)20-13-14-23-22-9-1-2-11-25(22)32(26(23)18-20)27-12-3-4-15-30-27/h1-18H. The predicted octanol–water partition coefficient (Wildman–Crippen LogP) is 7.17. The first kappa shape index (κ1) is 19.2. The Kier molecular flexibility index (Phi) is 4.58. The third-order valence-electron chi connectivity index (χ3n) is 5.66. The molecule has 4 nitrogen and oxygen atoms in total. The topological polar surface area (TPSA) is 39.9 Å². The number of pyridine rings is 2. The van der Waals surface area contributed by atoms with Gasteiger partial charge in [-0.2, -0.15) is 0 Å². The average molecular weight is 431 g/mol. The smallest absolute Gasteiger partial charge is 0.255 e. The number of benzene rings is 3. The van der Waals surface area contributed by atoms with E-state index in [1.54, 1.807) is 12.3 Å². The SMILES string of the molecule is Fc1cccnc1Oc1cccc(-c2ccc3c4ccccc4n(-c4ccccn4)c3c2)c1. The number of rotatable bonds is 4. The summed E-state index contributed by atoms with van der Waals surface area (Å²) in [6.07, 6.45) is 3.31. The fourth-order valence-electron chi connectivity index (χ4n) is 4.18. The van der Waals surface area contributed by atoms with Crippen molar-refractivity contribution in [2.45, 2.75) is 0 Å². The number of fused-ring (bicyclic) bond motifs is 3. The van der Waals surface area contributed by atoms with Gasteiger partial charge in [0.15, 0.2) is 5.82 Å². The molecule has 0 aliphatic carbocycles. The molecule has 33 heavy (non-hydrogen) atoms. The molecule has 6 rings (SSSR count).